The molecule has 126 valence electrons. The normalized spacial score (nSPS) is 12.6. The largest absolute Gasteiger partial charge is 0.486 e. The van der Waals surface area contributed by atoms with E-state index in [1.165, 1.54) is 0 Å². The molecule has 0 bridgehead atoms. The Morgan fingerprint density at radius 3 is 2.72 bits per heavy atom. The number of ether oxygens (including phenoxy) is 2. The predicted molar refractivity (Wildman–Crippen MR) is 91.0 cm³/mol. The summed E-state index contributed by atoms with van der Waals surface area (Å²) in [4.78, 5) is 12.3. The van der Waals surface area contributed by atoms with E-state index in [0.29, 0.717) is 36.9 Å². The van der Waals surface area contributed by atoms with E-state index < -0.39 is 0 Å². The lowest BCUT2D eigenvalue weighted by Gasteiger charge is -2.18. The van der Waals surface area contributed by atoms with Gasteiger partial charge in [-0.3, -0.25) is 4.79 Å². The Hall–Kier alpha value is -3.35. The minimum atomic E-state index is -0.323. The summed E-state index contributed by atoms with van der Waals surface area (Å²) in [7, 11) is 0. The highest BCUT2D eigenvalue weighted by molar-refractivity contribution is 6.02. The molecule has 7 heteroatoms. The van der Waals surface area contributed by atoms with E-state index in [2.05, 4.69) is 15.6 Å². The molecule has 0 saturated heterocycles. The zero-order valence-corrected chi connectivity index (χ0v) is 13.4. The Kier molecular flexibility index (Phi) is 4.04. The van der Waals surface area contributed by atoms with Crippen molar-refractivity contribution in [3.8, 4) is 11.5 Å². The van der Waals surface area contributed by atoms with E-state index >= 15 is 0 Å². The van der Waals surface area contributed by atoms with Crippen LogP contribution in [-0.4, -0.2) is 34.1 Å². The van der Waals surface area contributed by atoms with Crippen LogP contribution < -0.4 is 14.8 Å². The number of rotatable bonds is 4. The van der Waals surface area contributed by atoms with E-state index in [1.54, 1.807) is 29.1 Å². The SMILES string of the molecule is O=C(Nc1ccc2c(c1)OCCO2)c1cn(Cc2ccccc2)nn1. The lowest BCUT2D eigenvalue weighted by atomic mass is 10.2. The number of fused-ring (bicyclic) bond motifs is 1. The fourth-order valence-electron chi connectivity index (χ4n) is 2.57. The van der Waals surface area contributed by atoms with Crippen LogP contribution in [-0.2, 0) is 6.54 Å². The molecule has 4 rings (SSSR count). The molecule has 1 N–H and O–H groups in total. The summed E-state index contributed by atoms with van der Waals surface area (Å²) in [6.45, 7) is 1.59. The van der Waals surface area contributed by atoms with Gasteiger partial charge in [-0.25, -0.2) is 4.68 Å². The van der Waals surface area contributed by atoms with Crippen LogP contribution in [0.4, 0.5) is 5.69 Å². The summed E-state index contributed by atoms with van der Waals surface area (Å²) in [6, 6.07) is 15.1. The molecule has 2 aromatic carbocycles. The van der Waals surface area contributed by atoms with Gasteiger partial charge in [-0.05, 0) is 17.7 Å². The van der Waals surface area contributed by atoms with Gasteiger partial charge in [-0.15, -0.1) is 5.10 Å². The molecule has 0 spiro atoms. The number of anilines is 1. The van der Waals surface area contributed by atoms with Crippen molar-refractivity contribution >= 4 is 11.6 Å². The second-order valence-electron chi connectivity index (χ2n) is 5.60. The summed E-state index contributed by atoms with van der Waals surface area (Å²) in [6.07, 6.45) is 1.63. The van der Waals surface area contributed by atoms with Gasteiger partial charge < -0.3 is 14.8 Å². The second kappa shape index (κ2) is 6.64. The van der Waals surface area contributed by atoms with Crippen molar-refractivity contribution in [2.45, 2.75) is 6.54 Å². The lowest BCUT2D eigenvalue weighted by Crippen LogP contribution is -2.16. The van der Waals surface area contributed by atoms with Crippen molar-refractivity contribution in [2.24, 2.45) is 0 Å². The van der Waals surface area contributed by atoms with Crippen LogP contribution in [0.25, 0.3) is 0 Å². The molecule has 1 aromatic heterocycles. The van der Waals surface area contributed by atoms with Crippen molar-refractivity contribution in [3.05, 3.63) is 66.0 Å². The van der Waals surface area contributed by atoms with Gasteiger partial charge in [0, 0.05) is 11.8 Å². The number of nitrogens with zero attached hydrogens (tertiary/aromatic N) is 3. The average molecular weight is 336 g/mol. The summed E-state index contributed by atoms with van der Waals surface area (Å²) in [5.41, 5.74) is 1.96. The molecule has 0 radical (unpaired) electrons. The topological polar surface area (TPSA) is 78.3 Å². The van der Waals surface area contributed by atoms with Gasteiger partial charge in [-0.2, -0.15) is 0 Å². The molecular weight excluding hydrogens is 320 g/mol. The number of hydrogen-bond donors (Lipinski definition) is 1. The van der Waals surface area contributed by atoms with Crippen LogP contribution in [0.1, 0.15) is 16.1 Å². The monoisotopic (exact) mass is 336 g/mol. The van der Waals surface area contributed by atoms with E-state index in [4.69, 9.17) is 9.47 Å². The Bertz CT molecular complexity index is 892. The standard InChI is InChI=1S/C18H16N4O3/c23-18(19-14-6-7-16-17(10-14)25-9-8-24-16)15-12-22(21-20-15)11-13-4-2-1-3-5-13/h1-7,10,12H,8-9,11H2,(H,19,23). The maximum Gasteiger partial charge on any atom is 0.277 e. The Balaban J connectivity index is 1.45. The van der Waals surface area contributed by atoms with Crippen molar-refractivity contribution in [3.63, 3.8) is 0 Å². The molecule has 0 unspecified atom stereocenters. The van der Waals surface area contributed by atoms with Crippen LogP contribution in [0, 0.1) is 0 Å². The summed E-state index contributed by atoms with van der Waals surface area (Å²) in [5.74, 6) is 0.978. The molecule has 2 heterocycles. The fraction of sp³-hybridized carbons (Fsp3) is 0.167. The number of benzene rings is 2. The van der Waals surface area contributed by atoms with Crippen molar-refractivity contribution in [2.75, 3.05) is 18.5 Å². The highest BCUT2D eigenvalue weighted by Gasteiger charge is 2.15. The number of amides is 1. The fourth-order valence-corrected chi connectivity index (χ4v) is 2.57. The molecule has 0 aliphatic carbocycles. The van der Waals surface area contributed by atoms with Crippen molar-refractivity contribution in [1.82, 2.24) is 15.0 Å². The lowest BCUT2D eigenvalue weighted by molar-refractivity contribution is 0.102. The van der Waals surface area contributed by atoms with Crippen LogP contribution in [0.2, 0.25) is 0 Å². The molecule has 1 amide bonds. The van der Waals surface area contributed by atoms with Crippen molar-refractivity contribution < 1.29 is 14.3 Å². The highest BCUT2D eigenvalue weighted by atomic mass is 16.6. The van der Waals surface area contributed by atoms with Gasteiger partial charge in [0.15, 0.2) is 17.2 Å². The van der Waals surface area contributed by atoms with Crippen LogP contribution in [0.3, 0.4) is 0 Å². The van der Waals surface area contributed by atoms with Crippen LogP contribution in [0.5, 0.6) is 11.5 Å². The molecule has 0 saturated carbocycles. The molecule has 1 aliphatic rings. The van der Waals surface area contributed by atoms with Crippen LogP contribution in [0.15, 0.2) is 54.7 Å². The van der Waals surface area contributed by atoms with Gasteiger partial charge in [-0.1, -0.05) is 35.5 Å². The number of carbonyl (C=O) groups excluding carboxylic acids is 1. The van der Waals surface area contributed by atoms with Gasteiger partial charge in [0.2, 0.25) is 0 Å². The number of hydrogen-bond acceptors (Lipinski definition) is 5. The van der Waals surface area contributed by atoms with E-state index in [9.17, 15) is 4.79 Å². The molecular formula is C18H16N4O3. The molecule has 3 aromatic rings. The predicted octanol–water partition coefficient (Wildman–Crippen LogP) is 2.35. The van der Waals surface area contributed by atoms with Crippen molar-refractivity contribution in [1.29, 1.82) is 0 Å². The van der Waals surface area contributed by atoms with Gasteiger partial charge >= 0.3 is 0 Å². The minimum absolute atomic E-state index is 0.255. The van der Waals surface area contributed by atoms with Gasteiger partial charge in [0.1, 0.15) is 13.2 Å². The number of carbonyl (C=O) groups is 1. The zero-order valence-electron chi connectivity index (χ0n) is 13.4. The first-order chi connectivity index (χ1) is 12.3. The van der Waals surface area contributed by atoms with E-state index in [1.807, 2.05) is 30.3 Å². The number of nitrogens with one attached hydrogen (secondary N) is 1. The first-order valence-electron chi connectivity index (χ1n) is 7.93. The molecule has 1 aliphatic heterocycles. The summed E-state index contributed by atoms with van der Waals surface area (Å²) < 4.78 is 12.6. The molecule has 25 heavy (non-hydrogen) atoms. The first-order valence-corrected chi connectivity index (χ1v) is 7.93. The third-order valence-electron chi connectivity index (χ3n) is 3.76. The maximum atomic E-state index is 12.3. The van der Waals surface area contributed by atoms with E-state index in [-0.39, 0.29) is 11.6 Å². The first kappa shape index (κ1) is 15.2. The van der Waals surface area contributed by atoms with Crippen LogP contribution >= 0.6 is 0 Å². The second-order valence-corrected chi connectivity index (χ2v) is 5.60. The highest BCUT2D eigenvalue weighted by Crippen LogP contribution is 2.32. The Morgan fingerprint density at radius 2 is 1.88 bits per heavy atom. The third-order valence-corrected chi connectivity index (χ3v) is 3.76. The molecule has 7 nitrogen and oxygen atoms in total. The molecule has 0 fully saturated rings. The quantitative estimate of drug-likeness (QED) is 0.791. The average Bonchev–Trinajstić information content (AvgIpc) is 3.11. The summed E-state index contributed by atoms with van der Waals surface area (Å²) in [5, 5.41) is 10.7. The van der Waals surface area contributed by atoms with Gasteiger partial charge in [0.05, 0.1) is 12.7 Å². The molecule has 0 atom stereocenters. The smallest absolute Gasteiger partial charge is 0.277 e. The Labute approximate surface area is 144 Å². The van der Waals surface area contributed by atoms with Gasteiger partial charge in [0.25, 0.3) is 5.91 Å². The third kappa shape index (κ3) is 3.45. The summed E-state index contributed by atoms with van der Waals surface area (Å²) >= 11 is 0. The maximum absolute atomic E-state index is 12.3. The number of aromatic nitrogens is 3. The Morgan fingerprint density at radius 1 is 1.08 bits per heavy atom. The van der Waals surface area contributed by atoms with E-state index in [0.717, 1.165) is 5.56 Å². The minimum Gasteiger partial charge on any atom is -0.486 e. The zero-order chi connectivity index (χ0) is 17.1.